The summed E-state index contributed by atoms with van der Waals surface area (Å²) in [5.74, 6) is 0. The third-order valence-electron chi connectivity index (χ3n) is 9.84. The van der Waals surface area contributed by atoms with Crippen molar-refractivity contribution in [3.05, 3.63) is 187 Å². The smallest absolute Gasteiger partial charge is 0.175 e. The fourth-order valence-electron chi connectivity index (χ4n) is 7.83. The van der Waals surface area contributed by atoms with Gasteiger partial charge in [0, 0.05) is 10.5 Å². The van der Waals surface area contributed by atoms with E-state index in [-0.39, 0.29) is 0 Å². The molecule has 0 fully saturated rings. The summed E-state index contributed by atoms with van der Waals surface area (Å²) >= 11 is 1.78. The van der Waals surface area contributed by atoms with Crippen molar-refractivity contribution in [3.8, 4) is 44.5 Å². The predicted octanol–water partition coefficient (Wildman–Crippen LogP) is 11.3. The van der Waals surface area contributed by atoms with Gasteiger partial charge >= 0.3 is 0 Å². The molecule has 0 amide bonds. The van der Waals surface area contributed by atoms with Gasteiger partial charge in [-0.25, -0.2) is 4.98 Å². The second-order valence-corrected chi connectivity index (χ2v) is 13.4. The number of rotatable bonds is 3. The van der Waals surface area contributed by atoms with E-state index < -0.39 is 5.54 Å². The Kier molecular flexibility index (Phi) is 5.76. The van der Waals surface area contributed by atoms with Gasteiger partial charge in [-0.3, -0.25) is 4.57 Å². The normalized spacial score (nSPS) is 13.6. The minimum atomic E-state index is -0.529. The highest BCUT2D eigenvalue weighted by Crippen LogP contribution is 2.60. The van der Waals surface area contributed by atoms with Crippen LogP contribution in [-0.2, 0) is 5.54 Å². The summed E-state index contributed by atoms with van der Waals surface area (Å²) in [4.78, 5) is 6.49. The summed E-state index contributed by atoms with van der Waals surface area (Å²) in [6.45, 7) is 0. The summed E-state index contributed by atoms with van der Waals surface area (Å²) in [5.41, 5.74) is 15.4. The standard InChI is InChI=1S/C44H28N2S/c1-3-13-29(14-4-1)32-25-33(30-15-5-2-6-16-30)27-34(26-32)31-23-24-39-42(28-31)47-43-45-40-21-11-12-22-41(40)46(43)44(39)37-19-9-7-17-35(37)36-18-8-10-20-38(36)44/h1-28H. The molecule has 0 atom stereocenters. The van der Waals surface area contributed by atoms with E-state index in [1.807, 2.05) is 0 Å². The molecule has 1 spiro atoms. The molecular formula is C44H28N2S. The van der Waals surface area contributed by atoms with Gasteiger partial charge in [-0.05, 0) is 92.0 Å². The lowest BCUT2D eigenvalue weighted by Gasteiger charge is -2.40. The van der Waals surface area contributed by atoms with Crippen LogP contribution >= 0.6 is 11.8 Å². The monoisotopic (exact) mass is 616 g/mol. The van der Waals surface area contributed by atoms with Crippen LogP contribution < -0.4 is 0 Å². The molecule has 0 N–H and O–H groups in total. The number of fused-ring (bicyclic) bond motifs is 11. The van der Waals surface area contributed by atoms with Crippen molar-refractivity contribution in [2.45, 2.75) is 15.6 Å². The van der Waals surface area contributed by atoms with Crippen molar-refractivity contribution in [2.24, 2.45) is 0 Å². The molecule has 0 saturated carbocycles. The first-order valence-electron chi connectivity index (χ1n) is 16.0. The second kappa shape index (κ2) is 10.2. The van der Waals surface area contributed by atoms with Crippen LogP contribution in [0.5, 0.6) is 0 Å². The summed E-state index contributed by atoms with van der Waals surface area (Å²) in [6, 6.07) is 61.9. The molecule has 3 heteroatoms. The van der Waals surface area contributed by atoms with Crippen LogP contribution in [0.3, 0.4) is 0 Å². The summed E-state index contributed by atoms with van der Waals surface area (Å²) in [7, 11) is 0. The molecule has 1 aliphatic carbocycles. The summed E-state index contributed by atoms with van der Waals surface area (Å²) in [5, 5.41) is 1.02. The first kappa shape index (κ1) is 26.6. The molecule has 0 bridgehead atoms. The topological polar surface area (TPSA) is 17.8 Å². The second-order valence-electron chi connectivity index (χ2n) is 12.4. The van der Waals surface area contributed by atoms with Crippen LogP contribution in [0, 0.1) is 0 Å². The van der Waals surface area contributed by atoms with E-state index in [0.29, 0.717) is 0 Å². The zero-order chi connectivity index (χ0) is 31.0. The van der Waals surface area contributed by atoms with Crippen molar-refractivity contribution in [1.29, 1.82) is 0 Å². The number of imidazole rings is 1. The number of hydrogen-bond donors (Lipinski definition) is 0. The molecule has 0 radical (unpaired) electrons. The van der Waals surface area contributed by atoms with E-state index in [4.69, 9.17) is 4.98 Å². The van der Waals surface area contributed by atoms with Gasteiger partial charge in [-0.15, -0.1) is 0 Å². The third-order valence-corrected chi connectivity index (χ3v) is 10.9. The quantitative estimate of drug-likeness (QED) is 0.197. The molecule has 47 heavy (non-hydrogen) atoms. The van der Waals surface area contributed by atoms with Crippen LogP contribution in [0.2, 0.25) is 0 Å². The van der Waals surface area contributed by atoms with Crippen LogP contribution in [-0.4, -0.2) is 9.55 Å². The highest BCUT2D eigenvalue weighted by atomic mass is 32.2. The fourth-order valence-corrected chi connectivity index (χ4v) is 9.01. The van der Waals surface area contributed by atoms with Crippen molar-refractivity contribution in [1.82, 2.24) is 9.55 Å². The largest absolute Gasteiger partial charge is 0.300 e. The van der Waals surface area contributed by atoms with Gasteiger partial charge in [0.2, 0.25) is 0 Å². The Balaban J connectivity index is 1.24. The SMILES string of the molecule is c1ccc(-c2cc(-c3ccccc3)cc(-c3ccc4c(c3)Sc3nc5ccccc5n3C43c4ccccc4-c4ccccc43)c2)cc1. The Morgan fingerprint density at radius 2 is 0.957 bits per heavy atom. The molecule has 7 aromatic carbocycles. The van der Waals surface area contributed by atoms with Crippen LogP contribution in [0.1, 0.15) is 16.7 Å². The van der Waals surface area contributed by atoms with E-state index in [0.717, 1.165) is 16.2 Å². The highest BCUT2D eigenvalue weighted by molar-refractivity contribution is 7.99. The van der Waals surface area contributed by atoms with E-state index >= 15 is 0 Å². The molecule has 2 aliphatic rings. The van der Waals surface area contributed by atoms with Gasteiger partial charge in [0.05, 0.1) is 11.0 Å². The van der Waals surface area contributed by atoms with Crippen LogP contribution in [0.25, 0.3) is 55.5 Å². The van der Waals surface area contributed by atoms with Gasteiger partial charge in [-0.1, -0.05) is 145 Å². The molecule has 1 aliphatic heterocycles. The molecule has 8 aromatic rings. The maximum Gasteiger partial charge on any atom is 0.175 e. The maximum atomic E-state index is 5.25. The first-order chi connectivity index (χ1) is 23.3. The van der Waals surface area contributed by atoms with Crippen LogP contribution in [0.15, 0.2) is 180 Å². The van der Waals surface area contributed by atoms with E-state index in [2.05, 4.69) is 174 Å². The van der Waals surface area contributed by atoms with E-state index in [1.165, 1.54) is 66.1 Å². The number of aromatic nitrogens is 2. The Morgan fingerprint density at radius 3 is 1.60 bits per heavy atom. The summed E-state index contributed by atoms with van der Waals surface area (Å²) < 4.78 is 2.50. The molecule has 10 rings (SSSR count). The van der Waals surface area contributed by atoms with Gasteiger partial charge in [0.15, 0.2) is 5.16 Å². The summed E-state index contributed by atoms with van der Waals surface area (Å²) in [6.07, 6.45) is 0. The fraction of sp³-hybridized carbons (Fsp3) is 0.0227. The number of nitrogens with zero attached hydrogens (tertiary/aromatic N) is 2. The Bertz CT molecular complexity index is 2390. The third kappa shape index (κ3) is 3.84. The van der Waals surface area contributed by atoms with Crippen molar-refractivity contribution >= 4 is 22.8 Å². The Morgan fingerprint density at radius 1 is 0.426 bits per heavy atom. The lowest BCUT2D eigenvalue weighted by molar-refractivity contribution is 0.484. The minimum Gasteiger partial charge on any atom is -0.300 e. The van der Waals surface area contributed by atoms with Crippen molar-refractivity contribution in [3.63, 3.8) is 0 Å². The van der Waals surface area contributed by atoms with Crippen LogP contribution in [0.4, 0.5) is 0 Å². The van der Waals surface area contributed by atoms with Crippen molar-refractivity contribution < 1.29 is 0 Å². The molecule has 0 unspecified atom stereocenters. The highest BCUT2D eigenvalue weighted by Gasteiger charge is 2.51. The minimum absolute atomic E-state index is 0.529. The van der Waals surface area contributed by atoms with E-state index in [1.54, 1.807) is 11.8 Å². The number of benzene rings is 7. The van der Waals surface area contributed by atoms with E-state index in [9.17, 15) is 0 Å². The molecule has 0 saturated heterocycles. The van der Waals surface area contributed by atoms with Gasteiger partial charge in [0.1, 0.15) is 5.54 Å². The lowest BCUT2D eigenvalue weighted by Crippen LogP contribution is -2.38. The van der Waals surface area contributed by atoms with Gasteiger partial charge in [0.25, 0.3) is 0 Å². The van der Waals surface area contributed by atoms with Crippen molar-refractivity contribution in [2.75, 3.05) is 0 Å². The maximum absolute atomic E-state index is 5.25. The number of para-hydroxylation sites is 2. The lowest BCUT2D eigenvalue weighted by atomic mass is 9.79. The molecule has 1 aromatic heterocycles. The molecule has 2 heterocycles. The molecule has 220 valence electrons. The van der Waals surface area contributed by atoms with Gasteiger partial charge < -0.3 is 0 Å². The zero-order valence-electron chi connectivity index (χ0n) is 25.5. The number of hydrogen-bond acceptors (Lipinski definition) is 2. The predicted molar refractivity (Wildman–Crippen MR) is 194 cm³/mol. The zero-order valence-corrected chi connectivity index (χ0v) is 26.3. The molecular weight excluding hydrogens is 589 g/mol. The van der Waals surface area contributed by atoms with Gasteiger partial charge in [-0.2, -0.15) is 0 Å². The average molecular weight is 617 g/mol. The average Bonchev–Trinajstić information content (AvgIpc) is 3.66. The Labute approximate surface area is 278 Å². The molecule has 2 nitrogen and oxygen atoms in total. The first-order valence-corrected chi connectivity index (χ1v) is 16.9. The Hall–Kier alpha value is -5.64.